The van der Waals surface area contributed by atoms with Gasteiger partial charge in [-0.3, -0.25) is 4.79 Å². The number of nitrogens with one attached hydrogen (secondary N) is 1. The molecule has 0 aliphatic carbocycles. The molecule has 0 bridgehead atoms. The molecule has 2 aromatic carbocycles. The van der Waals surface area contributed by atoms with Gasteiger partial charge >= 0.3 is 0 Å². The Morgan fingerprint density at radius 3 is 2.61 bits per heavy atom. The van der Waals surface area contributed by atoms with Crippen LogP contribution in [0.2, 0.25) is 0 Å². The lowest BCUT2D eigenvalue weighted by Gasteiger charge is -2.12. The number of hydrogen-bond acceptors (Lipinski definition) is 5. The number of carbonyl (C=O) groups excluding carboxylic acids is 1. The normalized spacial score (nSPS) is 10.6. The first kappa shape index (κ1) is 20.2. The summed E-state index contributed by atoms with van der Waals surface area (Å²) < 4.78 is 12.8. The summed E-state index contributed by atoms with van der Waals surface area (Å²) in [5.74, 6) is 1.86. The predicted octanol–water partition coefficient (Wildman–Crippen LogP) is 4.31. The topological polar surface area (TPSA) is 78.3 Å². The zero-order valence-electron chi connectivity index (χ0n) is 17.1. The SMILES string of the molecule is C=CCOc1ccccc1OCC(=O)Nc1cc(C)nn1-c1ccc2ccccc2n1. The molecule has 1 N–H and O–H groups in total. The van der Waals surface area contributed by atoms with Crippen molar-refractivity contribution >= 4 is 22.6 Å². The highest BCUT2D eigenvalue weighted by molar-refractivity contribution is 5.91. The van der Waals surface area contributed by atoms with Gasteiger partial charge < -0.3 is 14.8 Å². The molecule has 0 aliphatic heterocycles. The van der Waals surface area contributed by atoms with Gasteiger partial charge in [-0.15, -0.1) is 0 Å². The molecular weight excluding hydrogens is 392 g/mol. The molecule has 4 rings (SSSR count). The van der Waals surface area contributed by atoms with Crippen LogP contribution in [0.4, 0.5) is 5.82 Å². The molecule has 7 nitrogen and oxygen atoms in total. The number of rotatable bonds is 8. The van der Waals surface area contributed by atoms with Crippen LogP contribution in [-0.4, -0.2) is 33.9 Å². The van der Waals surface area contributed by atoms with Crippen LogP contribution in [0.3, 0.4) is 0 Å². The van der Waals surface area contributed by atoms with Gasteiger partial charge in [-0.2, -0.15) is 9.78 Å². The number of aryl methyl sites for hydroxylation is 1. The fraction of sp³-hybridized carbons (Fsp3) is 0.125. The van der Waals surface area contributed by atoms with Gasteiger partial charge in [-0.1, -0.05) is 43.0 Å². The van der Waals surface area contributed by atoms with Crippen molar-refractivity contribution in [2.45, 2.75) is 6.92 Å². The number of para-hydroxylation sites is 3. The third-order valence-corrected chi connectivity index (χ3v) is 4.46. The highest BCUT2D eigenvalue weighted by Crippen LogP contribution is 2.26. The highest BCUT2D eigenvalue weighted by atomic mass is 16.5. The number of aromatic nitrogens is 3. The molecule has 0 spiro atoms. The Kier molecular flexibility index (Phi) is 5.93. The van der Waals surface area contributed by atoms with Crippen LogP contribution in [-0.2, 0) is 4.79 Å². The number of anilines is 1. The van der Waals surface area contributed by atoms with Crippen molar-refractivity contribution < 1.29 is 14.3 Å². The van der Waals surface area contributed by atoms with Crippen molar-refractivity contribution in [1.29, 1.82) is 0 Å². The Hall–Kier alpha value is -4.13. The summed E-state index contributed by atoms with van der Waals surface area (Å²) in [5, 5.41) is 8.36. The van der Waals surface area contributed by atoms with E-state index in [1.165, 1.54) is 0 Å². The second kappa shape index (κ2) is 9.13. The minimum absolute atomic E-state index is 0.177. The number of nitrogens with zero attached hydrogens (tertiary/aromatic N) is 3. The van der Waals surface area contributed by atoms with Gasteiger partial charge in [-0.25, -0.2) is 4.98 Å². The molecule has 0 saturated heterocycles. The van der Waals surface area contributed by atoms with E-state index in [1.807, 2.05) is 55.5 Å². The quantitative estimate of drug-likeness (QED) is 0.435. The van der Waals surface area contributed by atoms with Gasteiger partial charge in [-0.05, 0) is 37.3 Å². The van der Waals surface area contributed by atoms with Crippen LogP contribution in [0, 0.1) is 6.92 Å². The molecule has 2 heterocycles. The number of pyridine rings is 1. The molecule has 31 heavy (non-hydrogen) atoms. The molecular formula is C24H22N4O3. The monoisotopic (exact) mass is 414 g/mol. The number of ether oxygens (including phenoxy) is 2. The van der Waals surface area contributed by atoms with Crippen LogP contribution >= 0.6 is 0 Å². The fourth-order valence-corrected chi connectivity index (χ4v) is 3.10. The molecule has 4 aromatic rings. The van der Waals surface area contributed by atoms with E-state index in [0.29, 0.717) is 29.7 Å². The van der Waals surface area contributed by atoms with E-state index in [0.717, 1.165) is 16.6 Å². The fourth-order valence-electron chi connectivity index (χ4n) is 3.10. The lowest BCUT2D eigenvalue weighted by Crippen LogP contribution is -2.22. The molecule has 0 aliphatic rings. The van der Waals surface area contributed by atoms with Crippen LogP contribution in [0.15, 0.2) is 79.4 Å². The van der Waals surface area contributed by atoms with E-state index in [9.17, 15) is 4.79 Å². The molecule has 0 unspecified atom stereocenters. The van der Waals surface area contributed by atoms with Gasteiger partial charge in [0.15, 0.2) is 23.9 Å². The van der Waals surface area contributed by atoms with Crippen LogP contribution in [0.25, 0.3) is 16.7 Å². The predicted molar refractivity (Wildman–Crippen MR) is 120 cm³/mol. The minimum atomic E-state index is -0.319. The zero-order chi connectivity index (χ0) is 21.6. The molecule has 0 atom stereocenters. The van der Waals surface area contributed by atoms with Gasteiger partial charge in [0.1, 0.15) is 12.4 Å². The first-order valence-electron chi connectivity index (χ1n) is 9.82. The number of amides is 1. The third kappa shape index (κ3) is 4.72. The smallest absolute Gasteiger partial charge is 0.263 e. The molecule has 2 aromatic heterocycles. The average Bonchev–Trinajstić information content (AvgIpc) is 3.16. The summed E-state index contributed by atoms with van der Waals surface area (Å²) in [6.07, 6.45) is 1.65. The van der Waals surface area contributed by atoms with Gasteiger partial charge in [0.25, 0.3) is 5.91 Å². The summed E-state index contributed by atoms with van der Waals surface area (Å²) in [6.45, 7) is 5.67. The Balaban J connectivity index is 1.49. The Bertz CT molecular complexity index is 1230. The second-order valence-corrected chi connectivity index (χ2v) is 6.83. The summed E-state index contributed by atoms with van der Waals surface area (Å²) in [4.78, 5) is 17.2. The number of fused-ring (bicyclic) bond motifs is 1. The molecule has 0 saturated carbocycles. The summed E-state index contributed by atoms with van der Waals surface area (Å²) in [7, 11) is 0. The van der Waals surface area contributed by atoms with E-state index in [-0.39, 0.29) is 12.5 Å². The van der Waals surface area contributed by atoms with E-state index >= 15 is 0 Å². The Morgan fingerprint density at radius 1 is 1.06 bits per heavy atom. The molecule has 0 fully saturated rings. The molecule has 156 valence electrons. The Morgan fingerprint density at radius 2 is 1.81 bits per heavy atom. The standard InChI is InChI=1S/C24H22N4O3/c1-3-14-30-20-10-6-7-11-21(20)31-16-24(29)26-23-15-17(2)27-28(23)22-13-12-18-8-4-5-9-19(18)25-22/h3-13,15H,1,14,16H2,2H3,(H,26,29). The first-order valence-corrected chi connectivity index (χ1v) is 9.82. The largest absolute Gasteiger partial charge is 0.486 e. The molecule has 1 amide bonds. The van der Waals surface area contributed by atoms with Crippen molar-refractivity contribution in [3.05, 3.63) is 85.1 Å². The van der Waals surface area contributed by atoms with Crippen molar-refractivity contribution in [3.63, 3.8) is 0 Å². The van der Waals surface area contributed by atoms with E-state index in [1.54, 1.807) is 29.0 Å². The number of hydrogen-bond donors (Lipinski definition) is 1. The summed E-state index contributed by atoms with van der Waals surface area (Å²) in [6, 6.07) is 20.6. The van der Waals surface area contributed by atoms with Gasteiger partial charge in [0, 0.05) is 11.5 Å². The zero-order valence-corrected chi connectivity index (χ0v) is 17.1. The van der Waals surface area contributed by atoms with Crippen LogP contribution in [0.1, 0.15) is 5.69 Å². The van der Waals surface area contributed by atoms with E-state index in [2.05, 4.69) is 22.0 Å². The lowest BCUT2D eigenvalue weighted by atomic mass is 10.2. The maximum Gasteiger partial charge on any atom is 0.263 e. The Labute approximate surface area is 179 Å². The minimum Gasteiger partial charge on any atom is -0.486 e. The van der Waals surface area contributed by atoms with Crippen LogP contribution < -0.4 is 14.8 Å². The highest BCUT2D eigenvalue weighted by Gasteiger charge is 2.14. The lowest BCUT2D eigenvalue weighted by molar-refractivity contribution is -0.118. The van der Waals surface area contributed by atoms with Crippen molar-refractivity contribution in [3.8, 4) is 17.3 Å². The number of carbonyl (C=O) groups is 1. The van der Waals surface area contributed by atoms with E-state index < -0.39 is 0 Å². The number of benzene rings is 2. The van der Waals surface area contributed by atoms with Crippen molar-refractivity contribution in [2.24, 2.45) is 0 Å². The summed E-state index contributed by atoms with van der Waals surface area (Å²) >= 11 is 0. The van der Waals surface area contributed by atoms with Crippen LogP contribution in [0.5, 0.6) is 11.5 Å². The van der Waals surface area contributed by atoms with E-state index in [4.69, 9.17) is 9.47 Å². The van der Waals surface area contributed by atoms with Crippen molar-refractivity contribution in [1.82, 2.24) is 14.8 Å². The summed E-state index contributed by atoms with van der Waals surface area (Å²) in [5.41, 5.74) is 1.61. The van der Waals surface area contributed by atoms with Crippen molar-refractivity contribution in [2.75, 3.05) is 18.5 Å². The molecule has 0 radical (unpaired) electrons. The second-order valence-electron chi connectivity index (χ2n) is 6.83. The molecule has 7 heteroatoms. The first-order chi connectivity index (χ1) is 15.1. The average molecular weight is 414 g/mol. The third-order valence-electron chi connectivity index (χ3n) is 4.46. The maximum atomic E-state index is 12.6. The van der Waals surface area contributed by atoms with Gasteiger partial charge in [0.2, 0.25) is 0 Å². The maximum absolute atomic E-state index is 12.6. The van der Waals surface area contributed by atoms with Gasteiger partial charge in [0.05, 0.1) is 11.2 Å².